The zero-order valence-corrected chi connectivity index (χ0v) is 18.5. The largest absolute Gasteiger partial charge is 0.381 e. The number of carbonyl (C=O) groups excluding carboxylic acids is 3. The van der Waals surface area contributed by atoms with E-state index in [-0.39, 0.29) is 61.3 Å². The van der Waals surface area contributed by atoms with Crippen molar-refractivity contribution in [3.63, 3.8) is 0 Å². The summed E-state index contributed by atoms with van der Waals surface area (Å²) in [6.45, 7) is 2.16. The van der Waals surface area contributed by atoms with Gasteiger partial charge < -0.3 is 15.0 Å². The van der Waals surface area contributed by atoms with Gasteiger partial charge in [-0.1, -0.05) is 18.2 Å². The number of nitrogens with one attached hydrogen (secondary N) is 2. The van der Waals surface area contributed by atoms with Gasteiger partial charge in [-0.05, 0) is 30.2 Å². The van der Waals surface area contributed by atoms with Crippen LogP contribution in [0.2, 0.25) is 0 Å². The fourth-order valence-electron chi connectivity index (χ4n) is 4.39. The number of fused-ring (bicyclic) bond motifs is 1. The molecule has 0 radical (unpaired) electrons. The Hall–Kier alpha value is -3.30. The number of ether oxygens (including phenoxy) is 1. The lowest BCUT2D eigenvalue weighted by Crippen LogP contribution is -2.52. The molecule has 3 aliphatic heterocycles. The van der Waals surface area contributed by atoms with Gasteiger partial charge in [0.05, 0.1) is 18.7 Å². The zero-order chi connectivity index (χ0) is 27.2. The van der Waals surface area contributed by atoms with Crippen LogP contribution in [0.15, 0.2) is 36.3 Å². The molecule has 2 aromatic rings. The molecule has 178 valence electrons. The van der Waals surface area contributed by atoms with E-state index < -0.39 is 35.6 Å². The summed E-state index contributed by atoms with van der Waals surface area (Å²) in [5.41, 5.74) is 1.25. The van der Waals surface area contributed by atoms with Gasteiger partial charge in [-0.25, -0.2) is 4.39 Å². The van der Waals surface area contributed by atoms with Crippen molar-refractivity contribution in [2.45, 2.75) is 38.5 Å². The molecule has 1 atom stereocenters. The Morgan fingerprint density at radius 2 is 2.06 bits per heavy atom. The molecular formula is C25H27FN4O4. The third-order valence-corrected chi connectivity index (χ3v) is 6.23. The van der Waals surface area contributed by atoms with E-state index in [2.05, 4.69) is 10.6 Å². The first-order valence-electron chi connectivity index (χ1n) is 13.2. The molecule has 0 aliphatic carbocycles. The number of benzene rings is 2. The van der Waals surface area contributed by atoms with Crippen molar-refractivity contribution in [2.24, 2.45) is 0 Å². The molecule has 3 amide bonds. The van der Waals surface area contributed by atoms with Crippen LogP contribution in [-0.2, 0) is 34.0 Å². The average Bonchev–Trinajstić information content (AvgIpc) is 3.26. The van der Waals surface area contributed by atoms with Crippen molar-refractivity contribution in [3.05, 3.63) is 64.4 Å². The number of anilines is 1. The summed E-state index contributed by atoms with van der Waals surface area (Å²) < 4.78 is 54.4. The first-order valence-corrected chi connectivity index (χ1v) is 11.2. The van der Waals surface area contributed by atoms with E-state index in [9.17, 15) is 14.4 Å². The van der Waals surface area contributed by atoms with E-state index in [1.54, 1.807) is 18.2 Å². The Morgan fingerprint density at radius 1 is 1.24 bits per heavy atom. The Morgan fingerprint density at radius 3 is 2.85 bits per heavy atom. The highest BCUT2D eigenvalue weighted by atomic mass is 19.1. The molecular weight excluding hydrogens is 439 g/mol. The normalized spacial score (nSPS) is 24.7. The first-order chi connectivity index (χ1) is 18.1. The molecule has 2 fully saturated rings. The molecule has 34 heavy (non-hydrogen) atoms. The van der Waals surface area contributed by atoms with Gasteiger partial charge in [0.1, 0.15) is 11.8 Å². The van der Waals surface area contributed by atoms with Gasteiger partial charge in [0.2, 0.25) is 11.8 Å². The molecule has 0 saturated carbocycles. The number of amides is 3. The molecule has 3 aliphatic rings. The highest BCUT2D eigenvalue weighted by molar-refractivity contribution is 6.06. The number of hydrogen-bond donors (Lipinski definition) is 2. The molecule has 9 heteroatoms. The summed E-state index contributed by atoms with van der Waals surface area (Å²) in [7, 11) is 0. The fourth-order valence-corrected chi connectivity index (χ4v) is 4.39. The van der Waals surface area contributed by atoms with Crippen LogP contribution in [0.4, 0.5) is 10.1 Å². The van der Waals surface area contributed by atoms with Gasteiger partial charge in [-0.15, -0.1) is 0 Å². The van der Waals surface area contributed by atoms with Crippen LogP contribution in [0.25, 0.3) is 0 Å². The molecule has 5 rings (SSSR count). The van der Waals surface area contributed by atoms with Crippen LogP contribution in [0.3, 0.4) is 0 Å². The lowest BCUT2D eigenvalue weighted by molar-refractivity contribution is -0.136. The average molecular weight is 471 g/mol. The maximum Gasteiger partial charge on any atom is 0.255 e. The molecule has 0 spiro atoms. The summed E-state index contributed by atoms with van der Waals surface area (Å²) in [5, 5.41) is 5.15. The number of halogens is 1. The zero-order valence-electron chi connectivity index (χ0n) is 22.5. The van der Waals surface area contributed by atoms with E-state index in [4.69, 9.17) is 10.2 Å². The Bertz CT molecular complexity index is 1310. The number of imide groups is 1. The summed E-state index contributed by atoms with van der Waals surface area (Å²) in [6.07, 6.45) is -0.179. The van der Waals surface area contributed by atoms with Gasteiger partial charge in [-0.3, -0.25) is 24.6 Å². The van der Waals surface area contributed by atoms with Crippen molar-refractivity contribution in [2.75, 3.05) is 31.6 Å². The van der Waals surface area contributed by atoms with E-state index in [1.807, 2.05) is 4.90 Å². The van der Waals surface area contributed by atoms with Gasteiger partial charge >= 0.3 is 0 Å². The standard InChI is InChI=1S/C25H27FN4O4/c26-20-12-16(14-29-8-10-34-11-9-29)4-5-17(20)13-27-21-3-1-2-18-19(21)15-30(25(18)33)22-6-7-23(31)28-24(22)32/h1-5,12,22,27H,6-11,13-15H2,(H,28,31,32)/i4D,5D,12D,22D. The quantitative estimate of drug-likeness (QED) is 0.628. The number of morpholine rings is 1. The third-order valence-electron chi connectivity index (χ3n) is 6.23. The molecule has 2 saturated heterocycles. The number of hydrogen-bond acceptors (Lipinski definition) is 6. The second-order valence-corrected chi connectivity index (χ2v) is 8.44. The summed E-state index contributed by atoms with van der Waals surface area (Å²) in [5.74, 6) is -2.74. The van der Waals surface area contributed by atoms with Gasteiger partial charge in [0.25, 0.3) is 5.91 Å². The lowest BCUT2D eigenvalue weighted by Gasteiger charge is -2.29. The maximum atomic E-state index is 15.3. The Balaban J connectivity index is 1.37. The third kappa shape index (κ3) is 4.53. The van der Waals surface area contributed by atoms with Crippen molar-refractivity contribution in [3.8, 4) is 0 Å². The van der Waals surface area contributed by atoms with E-state index >= 15 is 4.39 Å². The van der Waals surface area contributed by atoms with Gasteiger partial charge in [0.15, 0.2) is 0 Å². The van der Waals surface area contributed by atoms with Crippen molar-refractivity contribution in [1.82, 2.24) is 15.1 Å². The first kappa shape index (κ1) is 18.1. The van der Waals surface area contributed by atoms with E-state index in [0.717, 1.165) is 4.90 Å². The number of piperidine rings is 1. The molecule has 1 unspecified atom stereocenters. The molecule has 3 heterocycles. The number of nitrogens with zero attached hydrogens (tertiary/aromatic N) is 2. The molecule has 8 nitrogen and oxygen atoms in total. The predicted octanol–water partition coefficient (Wildman–Crippen LogP) is 2.03. The summed E-state index contributed by atoms with van der Waals surface area (Å²) in [4.78, 5) is 40.2. The van der Waals surface area contributed by atoms with Crippen LogP contribution in [0, 0.1) is 5.82 Å². The molecule has 2 aromatic carbocycles. The van der Waals surface area contributed by atoms with Crippen LogP contribution >= 0.6 is 0 Å². The minimum Gasteiger partial charge on any atom is -0.381 e. The summed E-state index contributed by atoms with van der Waals surface area (Å²) >= 11 is 0. The maximum absolute atomic E-state index is 15.3. The number of rotatable bonds is 6. The van der Waals surface area contributed by atoms with Crippen LogP contribution in [0.5, 0.6) is 0 Å². The van der Waals surface area contributed by atoms with Gasteiger partial charge in [-0.2, -0.15) is 0 Å². The Kier molecular flexibility index (Phi) is 5.06. The topological polar surface area (TPSA) is 91.0 Å². The summed E-state index contributed by atoms with van der Waals surface area (Å²) in [6, 6.07) is 1.98. The second-order valence-electron chi connectivity index (χ2n) is 8.44. The monoisotopic (exact) mass is 470 g/mol. The minimum absolute atomic E-state index is 0.0571. The molecule has 0 aromatic heterocycles. The number of carbonyl (C=O) groups is 3. The SMILES string of the molecule is [2H]c1c([2H])c(CNc2cccc3c2CN(C2([2H])CCC(=O)NC2=O)C3=O)c(F)c([2H])c1CN1CCOCC1. The fraction of sp³-hybridized carbons (Fsp3) is 0.400. The van der Waals surface area contributed by atoms with Crippen molar-refractivity contribution in [1.29, 1.82) is 0 Å². The van der Waals surface area contributed by atoms with E-state index in [0.29, 0.717) is 37.6 Å². The predicted molar refractivity (Wildman–Crippen MR) is 122 cm³/mol. The second kappa shape index (κ2) is 9.52. The highest BCUT2D eigenvalue weighted by Crippen LogP contribution is 2.32. The Labute approximate surface area is 202 Å². The van der Waals surface area contributed by atoms with Gasteiger partial charge in [0, 0.05) is 61.5 Å². The molecule has 0 bridgehead atoms. The van der Waals surface area contributed by atoms with Crippen LogP contribution < -0.4 is 10.6 Å². The van der Waals surface area contributed by atoms with Crippen LogP contribution in [-0.4, -0.2) is 59.8 Å². The highest BCUT2D eigenvalue weighted by Gasteiger charge is 2.39. The minimum atomic E-state index is -1.93. The van der Waals surface area contributed by atoms with Crippen molar-refractivity contribution >= 4 is 23.4 Å². The smallest absolute Gasteiger partial charge is 0.255 e. The lowest BCUT2D eigenvalue weighted by atomic mass is 10.0. The van der Waals surface area contributed by atoms with E-state index in [1.165, 1.54) is 0 Å². The van der Waals surface area contributed by atoms with Crippen molar-refractivity contribution < 1.29 is 29.0 Å². The van der Waals surface area contributed by atoms with Crippen LogP contribution in [0.1, 0.15) is 45.4 Å². The molecule has 2 N–H and O–H groups in total.